The minimum atomic E-state index is -4.09. The first-order chi connectivity index (χ1) is 9.68. The number of nitrogens with zero attached hydrogens (tertiary/aromatic N) is 1. The minimum absolute atomic E-state index is 0.127. The van der Waals surface area contributed by atoms with Crippen LogP contribution >= 0.6 is 15.9 Å². The van der Waals surface area contributed by atoms with E-state index in [1.807, 2.05) is 0 Å². The lowest BCUT2D eigenvalue weighted by Crippen LogP contribution is -2.43. The van der Waals surface area contributed by atoms with Gasteiger partial charge in [0.15, 0.2) is 0 Å². The zero-order valence-corrected chi connectivity index (χ0v) is 13.5. The smallest absolute Gasteiger partial charge is 0.244 e. The molecule has 8 nitrogen and oxygen atoms in total. The summed E-state index contributed by atoms with van der Waals surface area (Å²) in [6.07, 6.45) is 0. The Morgan fingerprint density at radius 1 is 1.24 bits per heavy atom. The third-order valence-electron chi connectivity index (χ3n) is 2.43. The van der Waals surface area contributed by atoms with Crippen molar-refractivity contribution in [1.82, 2.24) is 4.31 Å². The molecule has 116 valence electrons. The standard InChI is InChI=1S/C11H14BrN3O5S/c1-20-9-3-2-7(4-8(9)12)21(18,19)15(5-10(13)16)6-11(14)17/h2-4H,5-6H2,1H3,(H2,13,16)(H2,14,17). The van der Waals surface area contributed by atoms with Crippen LogP contribution in [0, 0.1) is 0 Å². The quantitative estimate of drug-likeness (QED) is 0.653. The fourth-order valence-electron chi connectivity index (χ4n) is 1.53. The molecule has 0 heterocycles. The maximum absolute atomic E-state index is 12.4. The molecule has 1 rings (SSSR count). The Morgan fingerprint density at radius 3 is 2.14 bits per heavy atom. The van der Waals surface area contributed by atoms with Gasteiger partial charge < -0.3 is 16.2 Å². The highest BCUT2D eigenvalue weighted by Crippen LogP contribution is 2.28. The van der Waals surface area contributed by atoms with Gasteiger partial charge in [-0.2, -0.15) is 4.31 Å². The van der Waals surface area contributed by atoms with Crippen molar-refractivity contribution in [3.05, 3.63) is 22.7 Å². The van der Waals surface area contributed by atoms with Crippen molar-refractivity contribution in [1.29, 1.82) is 0 Å². The van der Waals surface area contributed by atoms with Crippen molar-refractivity contribution in [3.8, 4) is 5.75 Å². The minimum Gasteiger partial charge on any atom is -0.496 e. The zero-order chi connectivity index (χ0) is 16.2. The van der Waals surface area contributed by atoms with Crippen LogP contribution in [0.5, 0.6) is 5.75 Å². The van der Waals surface area contributed by atoms with Crippen molar-refractivity contribution >= 4 is 37.8 Å². The average Bonchev–Trinajstić information content (AvgIpc) is 2.36. The van der Waals surface area contributed by atoms with Crippen molar-refractivity contribution in [2.45, 2.75) is 4.90 Å². The molecule has 10 heteroatoms. The number of benzene rings is 1. The summed E-state index contributed by atoms with van der Waals surface area (Å²) < 4.78 is 30.8. The predicted octanol–water partition coefficient (Wildman–Crippen LogP) is -0.581. The van der Waals surface area contributed by atoms with Gasteiger partial charge in [-0.25, -0.2) is 8.42 Å². The Balaban J connectivity index is 3.24. The highest BCUT2D eigenvalue weighted by atomic mass is 79.9. The summed E-state index contributed by atoms with van der Waals surface area (Å²) >= 11 is 3.16. The molecular formula is C11H14BrN3O5S. The molecule has 0 fully saturated rings. The average molecular weight is 380 g/mol. The molecule has 0 saturated heterocycles. The van der Waals surface area contributed by atoms with E-state index < -0.39 is 34.9 Å². The summed E-state index contributed by atoms with van der Waals surface area (Å²) in [5.41, 5.74) is 9.99. The number of ether oxygens (including phenoxy) is 1. The van der Waals surface area contributed by atoms with Crippen LogP contribution in [0.3, 0.4) is 0 Å². The molecule has 0 saturated carbocycles. The van der Waals surface area contributed by atoms with Crippen LogP contribution in [0.15, 0.2) is 27.6 Å². The van der Waals surface area contributed by atoms with Crippen LogP contribution in [0.25, 0.3) is 0 Å². The zero-order valence-electron chi connectivity index (χ0n) is 11.1. The Labute approximate surface area is 130 Å². The van der Waals surface area contributed by atoms with Gasteiger partial charge in [-0.3, -0.25) is 9.59 Å². The summed E-state index contributed by atoms with van der Waals surface area (Å²) in [6, 6.07) is 4.01. The molecule has 21 heavy (non-hydrogen) atoms. The Kier molecular flexibility index (Phi) is 5.70. The molecule has 0 unspecified atom stereocenters. The number of sulfonamides is 1. The van der Waals surface area contributed by atoms with E-state index in [-0.39, 0.29) is 4.90 Å². The van der Waals surface area contributed by atoms with Crippen LogP contribution in [-0.4, -0.2) is 44.7 Å². The highest BCUT2D eigenvalue weighted by molar-refractivity contribution is 9.10. The second kappa shape index (κ2) is 6.87. The third-order valence-corrected chi connectivity index (χ3v) is 4.83. The number of hydrogen-bond acceptors (Lipinski definition) is 5. The number of rotatable bonds is 7. The monoisotopic (exact) mass is 379 g/mol. The van der Waals surface area contributed by atoms with Crippen molar-refractivity contribution in [2.24, 2.45) is 11.5 Å². The molecule has 0 bridgehead atoms. The third kappa shape index (κ3) is 4.41. The van der Waals surface area contributed by atoms with Crippen LogP contribution in [0.1, 0.15) is 0 Å². The number of amides is 2. The molecule has 0 aliphatic heterocycles. The fraction of sp³-hybridized carbons (Fsp3) is 0.273. The number of carbonyl (C=O) groups excluding carboxylic acids is 2. The molecule has 1 aromatic carbocycles. The highest BCUT2D eigenvalue weighted by Gasteiger charge is 2.28. The van der Waals surface area contributed by atoms with E-state index in [1.165, 1.54) is 25.3 Å². The van der Waals surface area contributed by atoms with E-state index >= 15 is 0 Å². The second-order valence-electron chi connectivity index (χ2n) is 4.00. The van der Waals surface area contributed by atoms with Gasteiger partial charge in [0.1, 0.15) is 5.75 Å². The molecule has 4 N–H and O–H groups in total. The summed E-state index contributed by atoms with van der Waals surface area (Å²) in [5.74, 6) is -1.36. The SMILES string of the molecule is COc1ccc(S(=O)(=O)N(CC(N)=O)CC(N)=O)cc1Br. The number of nitrogens with two attached hydrogens (primary N) is 2. The van der Waals surface area contributed by atoms with Gasteiger partial charge in [0.05, 0.1) is 29.6 Å². The van der Waals surface area contributed by atoms with E-state index in [1.54, 1.807) is 0 Å². The molecule has 0 spiro atoms. The first-order valence-electron chi connectivity index (χ1n) is 5.58. The van der Waals surface area contributed by atoms with Gasteiger partial charge in [0.2, 0.25) is 21.8 Å². The fourth-order valence-corrected chi connectivity index (χ4v) is 3.62. The van der Waals surface area contributed by atoms with Crippen LogP contribution in [0.2, 0.25) is 0 Å². The van der Waals surface area contributed by atoms with Crippen LogP contribution < -0.4 is 16.2 Å². The number of hydrogen-bond donors (Lipinski definition) is 2. The van der Waals surface area contributed by atoms with Gasteiger partial charge in [-0.1, -0.05) is 0 Å². The van der Waals surface area contributed by atoms with Gasteiger partial charge in [-0.05, 0) is 34.1 Å². The van der Waals surface area contributed by atoms with Gasteiger partial charge >= 0.3 is 0 Å². The largest absolute Gasteiger partial charge is 0.496 e. The number of carbonyl (C=O) groups is 2. The molecule has 0 radical (unpaired) electrons. The van der Waals surface area contributed by atoms with Crippen LogP contribution in [0.4, 0.5) is 0 Å². The van der Waals surface area contributed by atoms with Crippen molar-refractivity contribution in [2.75, 3.05) is 20.2 Å². The molecule has 0 aromatic heterocycles. The number of primary amides is 2. The van der Waals surface area contributed by atoms with E-state index in [0.717, 1.165) is 0 Å². The number of methoxy groups -OCH3 is 1. The topological polar surface area (TPSA) is 133 Å². The maximum Gasteiger partial charge on any atom is 0.244 e. The lowest BCUT2D eigenvalue weighted by atomic mass is 10.3. The van der Waals surface area contributed by atoms with Crippen LogP contribution in [-0.2, 0) is 19.6 Å². The molecule has 0 aliphatic carbocycles. The molecule has 2 amide bonds. The Morgan fingerprint density at radius 2 is 1.76 bits per heavy atom. The van der Waals surface area contributed by atoms with E-state index in [2.05, 4.69) is 15.9 Å². The van der Waals surface area contributed by atoms with Gasteiger partial charge in [0, 0.05) is 0 Å². The second-order valence-corrected chi connectivity index (χ2v) is 6.79. The summed E-state index contributed by atoms with van der Waals surface area (Å²) in [6.45, 7) is -1.29. The number of halogens is 1. The molecule has 0 atom stereocenters. The van der Waals surface area contributed by atoms with Gasteiger partial charge in [-0.15, -0.1) is 0 Å². The summed E-state index contributed by atoms with van der Waals surface area (Å²) in [4.78, 5) is 21.8. The summed E-state index contributed by atoms with van der Waals surface area (Å²) in [7, 11) is -2.66. The van der Waals surface area contributed by atoms with Gasteiger partial charge in [0.25, 0.3) is 0 Å². The van der Waals surface area contributed by atoms with Crippen molar-refractivity contribution in [3.63, 3.8) is 0 Å². The Bertz CT molecular complexity index is 646. The van der Waals surface area contributed by atoms with Crippen molar-refractivity contribution < 1.29 is 22.7 Å². The molecule has 0 aliphatic rings. The van der Waals surface area contributed by atoms with E-state index in [0.29, 0.717) is 14.5 Å². The molecule has 1 aromatic rings. The lowest BCUT2D eigenvalue weighted by Gasteiger charge is -2.19. The van der Waals surface area contributed by atoms with E-state index in [4.69, 9.17) is 16.2 Å². The predicted molar refractivity (Wildman–Crippen MR) is 77.8 cm³/mol. The first kappa shape index (κ1) is 17.4. The Hall–Kier alpha value is -1.65. The van der Waals surface area contributed by atoms with E-state index in [9.17, 15) is 18.0 Å². The first-order valence-corrected chi connectivity index (χ1v) is 7.82. The normalized spacial score (nSPS) is 11.4. The summed E-state index contributed by atoms with van der Waals surface area (Å²) in [5, 5.41) is 0. The lowest BCUT2D eigenvalue weighted by molar-refractivity contribution is -0.120. The molecular weight excluding hydrogens is 366 g/mol. The maximum atomic E-state index is 12.4.